The summed E-state index contributed by atoms with van der Waals surface area (Å²) in [5.74, 6) is 0. The molecule has 0 unspecified atom stereocenters. The number of hydrogen-bond acceptors (Lipinski definition) is 3. The first-order valence-electron chi connectivity index (χ1n) is 10.6. The third-order valence-electron chi connectivity index (χ3n) is 4.58. The summed E-state index contributed by atoms with van der Waals surface area (Å²) in [5, 5.41) is 12.3. The van der Waals surface area contributed by atoms with Crippen LogP contribution in [0, 0.1) is 0 Å². The third-order valence-corrected chi connectivity index (χ3v) is 4.58. The molecule has 0 aliphatic heterocycles. The second-order valence-corrected chi connectivity index (χ2v) is 6.86. The monoisotopic (exact) mass is 491 g/mol. The average Bonchev–Trinajstić information content (AvgIpc) is 3.70. The standard InChI is InChI=1S/3C9H8N2.Co/c3*1-2-5-9(6-3-1)11-8-4-7-10-11;/h3*1-8H;/q;;;+3. The maximum atomic E-state index is 4.10. The van der Waals surface area contributed by atoms with Gasteiger partial charge in [-0.2, -0.15) is 15.3 Å². The van der Waals surface area contributed by atoms with Crippen LogP contribution in [0.25, 0.3) is 17.1 Å². The minimum atomic E-state index is 0. The van der Waals surface area contributed by atoms with Gasteiger partial charge in [-0.05, 0) is 54.6 Å². The van der Waals surface area contributed by atoms with E-state index in [0.717, 1.165) is 17.1 Å². The Balaban J connectivity index is 0.000000141. The molecule has 7 heteroatoms. The molecule has 0 saturated carbocycles. The zero-order chi connectivity index (χ0) is 22.6. The van der Waals surface area contributed by atoms with Gasteiger partial charge in [-0.25, -0.2) is 14.0 Å². The van der Waals surface area contributed by atoms with Gasteiger partial charge in [0.25, 0.3) is 0 Å². The van der Waals surface area contributed by atoms with E-state index in [1.165, 1.54) is 0 Å². The van der Waals surface area contributed by atoms with Gasteiger partial charge in [-0.15, -0.1) is 0 Å². The van der Waals surface area contributed by atoms with E-state index in [0.29, 0.717) is 0 Å². The predicted molar refractivity (Wildman–Crippen MR) is 131 cm³/mol. The molecule has 6 rings (SSSR count). The van der Waals surface area contributed by atoms with Crippen molar-refractivity contribution in [2.75, 3.05) is 0 Å². The van der Waals surface area contributed by atoms with Crippen LogP contribution in [0.1, 0.15) is 0 Å². The maximum absolute atomic E-state index is 4.10. The number of rotatable bonds is 3. The van der Waals surface area contributed by atoms with Crippen molar-refractivity contribution in [1.29, 1.82) is 0 Å². The molecule has 6 nitrogen and oxygen atoms in total. The van der Waals surface area contributed by atoms with Gasteiger partial charge >= 0.3 is 16.8 Å². The van der Waals surface area contributed by atoms with Crippen molar-refractivity contribution in [1.82, 2.24) is 29.3 Å². The Morgan fingerprint density at radius 3 is 0.824 bits per heavy atom. The van der Waals surface area contributed by atoms with Crippen LogP contribution in [0.15, 0.2) is 146 Å². The minimum absolute atomic E-state index is 0. The summed E-state index contributed by atoms with van der Waals surface area (Å²) in [5.41, 5.74) is 3.28. The van der Waals surface area contributed by atoms with Crippen LogP contribution in [-0.2, 0) is 16.8 Å². The molecular weight excluding hydrogens is 467 g/mol. The van der Waals surface area contributed by atoms with Crippen LogP contribution in [0.4, 0.5) is 0 Å². The topological polar surface area (TPSA) is 53.5 Å². The summed E-state index contributed by atoms with van der Waals surface area (Å²) in [6.45, 7) is 0. The van der Waals surface area contributed by atoms with Gasteiger partial charge in [-0.3, -0.25) is 0 Å². The van der Waals surface area contributed by atoms with Gasteiger partial charge in [0.05, 0.1) is 17.1 Å². The zero-order valence-electron chi connectivity index (χ0n) is 18.4. The van der Waals surface area contributed by atoms with E-state index in [4.69, 9.17) is 0 Å². The predicted octanol–water partition coefficient (Wildman–Crippen LogP) is 5.61. The molecule has 3 aromatic heterocycles. The Labute approximate surface area is 209 Å². The van der Waals surface area contributed by atoms with Crippen LogP contribution in [-0.4, -0.2) is 29.3 Å². The van der Waals surface area contributed by atoms with Crippen LogP contribution >= 0.6 is 0 Å². The van der Waals surface area contributed by atoms with Crippen LogP contribution in [0.2, 0.25) is 0 Å². The number of hydrogen-bond donors (Lipinski definition) is 0. The van der Waals surface area contributed by atoms with E-state index in [2.05, 4.69) is 15.3 Å². The molecule has 0 spiro atoms. The van der Waals surface area contributed by atoms with Crippen LogP contribution < -0.4 is 0 Å². The quantitative estimate of drug-likeness (QED) is 0.323. The Morgan fingerprint density at radius 2 is 0.618 bits per heavy atom. The second kappa shape index (κ2) is 13.4. The van der Waals surface area contributed by atoms with Gasteiger partial charge in [0.1, 0.15) is 0 Å². The first-order chi connectivity index (χ1) is 16.4. The Morgan fingerprint density at radius 1 is 0.353 bits per heavy atom. The molecule has 0 bridgehead atoms. The largest absolute Gasteiger partial charge is 3.00 e. The summed E-state index contributed by atoms with van der Waals surface area (Å²) >= 11 is 0. The van der Waals surface area contributed by atoms with E-state index in [1.54, 1.807) is 18.6 Å². The second-order valence-electron chi connectivity index (χ2n) is 6.86. The Hall–Kier alpha value is -4.20. The molecule has 0 aliphatic rings. The first-order valence-corrected chi connectivity index (χ1v) is 10.6. The average molecular weight is 491 g/mol. The molecule has 0 N–H and O–H groups in total. The summed E-state index contributed by atoms with van der Waals surface area (Å²) in [6, 6.07) is 35.8. The third kappa shape index (κ3) is 7.16. The molecule has 0 radical (unpaired) electrons. The van der Waals surface area contributed by atoms with Crippen molar-refractivity contribution in [2.45, 2.75) is 0 Å². The summed E-state index contributed by atoms with van der Waals surface area (Å²) in [6.07, 6.45) is 11.1. The van der Waals surface area contributed by atoms with Crippen molar-refractivity contribution in [3.63, 3.8) is 0 Å². The summed E-state index contributed by atoms with van der Waals surface area (Å²) in [4.78, 5) is 0. The Bertz CT molecular complexity index is 1100. The van der Waals surface area contributed by atoms with Gasteiger partial charge in [0, 0.05) is 37.2 Å². The summed E-state index contributed by atoms with van der Waals surface area (Å²) in [7, 11) is 0. The minimum Gasteiger partial charge on any atom is -0.241 e. The van der Waals surface area contributed by atoms with Crippen LogP contribution in [0.5, 0.6) is 0 Å². The molecule has 0 aliphatic carbocycles. The van der Waals surface area contributed by atoms with Crippen LogP contribution in [0.3, 0.4) is 0 Å². The summed E-state index contributed by atoms with van der Waals surface area (Å²) < 4.78 is 5.50. The molecule has 0 atom stereocenters. The molecule has 0 amide bonds. The smallest absolute Gasteiger partial charge is 0.241 e. The Kier molecular flexibility index (Phi) is 9.61. The maximum Gasteiger partial charge on any atom is 3.00 e. The molecule has 0 saturated heterocycles. The van der Waals surface area contributed by atoms with Gasteiger partial charge in [0.2, 0.25) is 0 Å². The fraction of sp³-hybridized carbons (Fsp3) is 0. The van der Waals surface area contributed by atoms with Crippen molar-refractivity contribution in [3.8, 4) is 17.1 Å². The normalized spacial score (nSPS) is 9.53. The van der Waals surface area contributed by atoms with Crippen molar-refractivity contribution in [2.24, 2.45) is 0 Å². The van der Waals surface area contributed by atoms with Crippen molar-refractivity contribution >= 4 is 0 Å². The number of benzene rings is 3. The zero-order valence-corrected chi connectivity index (χ0v) is 19.4. The number of nitrogens with zero attached hydrogens (tertiary/aromatic N) is 6. The number of aromatic nitrogens is 6. The van der Waals surface area contributed by atoms with E-state index in [1.807, 2.05) is 142 Å². The van der Waals surface area contributed by atoms with Gasteiger partial charge in [-0.1, -0.05) is 54.6 Å². The molecule has 0 fully saturated rings. The fourth-order valence-electron chi connectivity index (χ4n) is 3.01. The molecule has 34 heavy (non-hydrogen) atoms. The van der Waals surface area contributed by atoms with E-state index in [-0.39, 0.29) is 16.8 Å². The molecule has 3 heterocycles. The van der Waals surface area contributed by atoms with Gasteiger partial charge in [0.15, 0.2) is 0 Å². The SMILES string of the molecule is [Co+3].c1ccc(-n2cccn2)cc1.c1ccc(-n2cccn2)cc1.c1ccc(-n2cccn2)cc1. The van der Waals surface area contributed by atoms with Crippen molar-refractivity contribution in [3.05, 3.63) is 146 Å². The van der Waals surface area contributed by atoms with E-state index in [9.17, 15) is 0 Å². The molecule has 6 aromatic rings. The molecule has 168 valence electrons. The van der Waals surface area contributed by atoms with E-state index < -0.39 is 0 Å². The first kappa shape index (κ1) is 24.4. The van der Waals surface area contributed by atoms with E-state index >= 15 is 0 Å². The van der Waals surface area contributed by atoms with Gasteiger partial charge < -0.3 is 0 Å². The molecule has 3 aromatic carbocycles. The number of para-hydroxylation sites is 3. The fourth-order valence-corrected chi connectivity index (χ4v) is 3.01. The molecular formula is C27H24CoN6+3. The van der Waals surface area contributed by atoms with Crippen molar-refractivity contribution < 1.29 is 16.8 Å².